The maximum Gasteiger partial charge on any atom is 0.123 e. The van der Waals surface area contributed by atoms with Gasteiger partial charge in [-0.1, -0.05) is 20.8 Å². The van der Waals surface area contributed by atoms with Crippen LogP contribution in [0.5, 0.6) is 0 Å². The van der Waals surface area contributed by atoms with Crippen molar-refractivity contribution in [2.75, 3.05) is 44.2 Å². The lowest BCUT2D eigenvalue weighted by molar-refractivity contribution is -0.0794. The smallest absolute Gasteiger partial charge is 0.123 e. The van der Waals surface area contributed by atoms with Crippen molar-refractivity contribution >= 4 is 5.69 Å². The van der Waals surface area contributed by atoms with Crippen molar-refractivity contribution < 1.29 is 14.2 Å². The molecule has 2 saturated carbocycles. The van der Waals surface area contributed by atoms with E-state index in [9.17, 15) is 9.50 Å². The maximum absolute atomic E-state index is 13.1. The number of anilines is 1. The van der Waals surface area contributed by atoms with Crippen LogP contribution in [-0.2, 0) is 4.74 Å². The molecule has 4 atom stereocenters. The van der Waals surface area contributed by atoms with E-state index in [1.807, 2.05) is 12.1 Å². The number of benzene rings is 1. The van der Waals surface area contributed by atoms with Crippen LogP contribution in [0.15, 0.2) is 24.3 Å². The molecule has 2 aliphatic carbocycles. The third-order valence-corrected chi connectivity index (χ3v) is 8.24. The summed E-state index contributed by atoms with van der Waals surface area (Å²) in [5, 5.41) is 10.5. The van der Waals surface area contributed by atoms with Crippen LogP contribution in [0.2, 0.25) is 0 Å². The number of fused-ring (bicyclic) bond motifs is 2. The summed E-state index contributed by atoms with van der Waals surface area (Å²) < 4.78 is 19.4. The summed E-state index contributed by atoms with van der Waals surface area (Å²) in [6.45, 7) is 11.9. The van der Waals surface area contributed by atoms with Gasteiger partial charge in [-0.2, -0.15) is 0 Å². The highest BCUT2D eigenvalue weighted by Gasteiger charge is 2.61. The normalized spacial score (nSPS) is 33.4. The molecule has 4 nitrogen and oxygen atoms in total. The third-order valence-electron chi connectivity index (χ3n) is 8.24. The van der Waals surface area contributed by atoms with Gasteiger partial charge >= 0.3 is 0 Å². The van der Waals surface area contributed by atoms with Crippen LogP contribution in [0.1, 0.15) is 40.0 Å². The van der Waals surface area contributed by atoms with Crippen molar-refractivity contribution in [1.82, 2.24) is 4.90 Å². The zero-order chi connectivity index (χ0) is 19.9. The molecule has 0 radical (unpaired) electrons. The second kappa shape index (κ2) is 7.58. The van der Waals surface area contributed by atoms with Gasteiger partial charge < -0.3 is 14.7 Å². The Labute approximate surface area is 168 Å². The Bertz CT molecular complexity index is 672. The predicted octanol–water partition coefficient (Wildman–Crippen LogP) is 3.54. The number of β-amino-alcohol motifs (C(OH)–C–C–N with tert-alkyl or cyclic N) is 1. The molecule has 1 aromatic carbocycles. The number of nitrogens with zero attached hydrogens (tertiary/aromatic N) is 2. The first kappa shape index (κ1) is 20.1. The Kier molecular flexibility index (Phi) is 5.45. The number of ether oxygens (including phenoxy) is 1. The molecule has 1 saturated heterocycles. The summed E-state index contributed by atoms with van der Waals surface area (Å²) in [5.41, 5.74) is 1.66. The second-order valence-corrected chi connectivity index (χ2v) is 9.85. The van der Waals surface area contributed by atoms with E-state index in [-0.39, 0.29) is 17.3 Å². The van der Waals surface area contributed by atoms with Crippen LogP contribution in [0.4, 0.5) is 10.1 Å². The van der Waals surface area contributed by atoms with Gasteiger partial charge in [0.1, 0.15) is 5.82 Å². The number of piperazine rings is 1. The first-order valence-corrected chi connectivity index (χ1v) is 10.8. The van der Waals surface area contributed by atoms with Crippen LogP contribution in [0.3, 0.4) is 0 Å². The molecule has 0 spiro atoms. The molecule has 28 heavy (non-hydrogen) atoms. The van der Waals surface area contributed by atoms with Gasteiger partial charge in [-0.3, -0.25) is 4.90 Å². The molecule has 156 valence electrons. The lowest BCUT2D eigenvalue weighted by atomic mass is 9.70. The standard InChI is InChI=1S/C23H35FN2O2/c1-22(2)17-8-9-23(22,3)21(14-17)28-16-20(27)15-25-10-12-26(13-11-25)19-6-4-18(24)5-7-19/h4-7,17,20-21,27H,8-16H2,1-3H3/t17-,20-,21+,23-/m0/s1. The highest BCUT2D eigenvalue weighted by molar-refractivity contribution is 5.46. The third kappa shape index (κ3) is 3.57. The monoisotopic (exact) mass is 390 g/mol. The molecule has 3 fully saturated rings. The SMILES string of the molecule is CC1(C)[C@H]2CC[C@@]1(C)[C@H](OC[C@@H](O)CN1CCN(c3ccc(F)cc3)CC1)C2. The topological polar surface area (TPSA) is 35.9 Å². The molecular weight excluding hydrogens is 355 g/mol. The molecular formula is C23H35FN2O2. The van der Waals surface area contributed by atoms with Crippen molar-refractivity contribution in [2.45, 2.75) is 52.2 Å². The minimum atomic E-state index is -0.441. The molecule has 1 aliphatic heterocycles. The number of hydrogen-bond donors (Lipinski definition) is 1. The first-order chi connectivity index (χ1) is 13.3. The second-order valence-electron chi connectivity index (χ2n) is 9.85. The lowest BCUT2D eigenvalue weighted by Crippen LogP contribution is -2.49. The minimum Gasteiger partial charge on any atom is -0.389 e. The van der Waals surface area contributed by atoms with E-state index in [0.717, 1.165) is 44.2 Å². The van der Waals surface area contributed by atoms with Gasteiger partial charge in [-0.05, 0) is 60.3 Å². The average Bonchev–Trinajstić information content (AvgIpc) is 3.01. The maximum atomic E-state index is 13.1. The molecule has 1 N–H and O–H groups in total. The van der Waals surface area contributed by atoms with Gasteiger partial charge in [0.25, 0.3) is 0 Å². The summed E-state index contributed by atoms with van der Waals surface area (Å²) in [7, 11) is 0. The van der Waals surface area contributed by atoms with Gasteiger partial charge in [0.15, 0.2) is 0 Å². The fourth-order valence-corrected chi connectivity index (χ4v) is 5.80. The number of hydrogen-bond acceptors (Lipinski definition) is 4. The van der Waals surface area contributed by atoms with Crippen molar-refractivity contribution in [3.8, 4) is 0 Å². The summed E-state index contributed by atoms with van der Waals surface area (Å²) in [4.78, 5) is 4.58. The molecule has 1 aromatic rings. The predicted molar refractivity (Wildman–Crippen MR) is 110 cm³/mol. The Morgan fingerprint density at radius 2 is 1.82 bits per heavy atom. The van der Waals surface area contributed by atoms with E-state index in [1.165, 1.54) is 25.0 Å². The Hall–Kier alpha value is -1.17. The Balaban J connectivity index is 1.21. The minimum absolute atomic E-state index is 0.196. The molecule has 5 heteroatoms. The van der Waals surface area contributed by atoms with Crippen molar-refractivity contribution in [3.63, 3.8) is 0 Å². The molecule has 1 heterocycles. The van der Waals surface area contributed by atoms with E-state index >= 15 is 0 Å². The summed E-state index contributed by atoms with van der Waals surface area (Å²) in [5.74, 6) is 0.567. The van der Waals surface area contributed by atoms with E-state index in [2.05, 4.69) is 30.6 Å². The highest BCUT2D eigenvalue weighted by atomic mass is 19.1. The fraction of sp³-hybridized carbons (Fsp3) is 0.739. The van der Waals surface area contributed by atoms with E-state index in [4.69, 9.17) is 4.74 Å². The number of halogens is 1. The van der Waals surface area contributed by atoms with Crippen LogP contribution in [-0.4, -0.2) is 61.5 Å². The van der Waals surface area contributed by atoms with Crippen LogP contribution in [0, 0.1) is 22.6 Å². The zero-order valence-electron chi connectivity index (χ0n) is 17.5. The largest absolute Gasteiger partial charge is 0.389 e. The number of rotatable bonds is 6. The fourth-order valence-electron chi connectivity index (χ4n) is 5.80. The van der Waals surface area contributed by atoms with Crippen LogP contribution in [0.25, 0.3) is 0 Å². The van der Waals surface area contributed by atoms with E-state index in [0.29, 0.717) is 18.6 Å². The van der Waals surface area contributed by atoms with Gasteiger partial charge in [-0.15, -0.1) is 0 Å². The lowest BCUT2D eigenvalue weighted by Gasteiger charge is -2.39. The van der Waals surface area contributed by atoms with Crippen molar-refractivity contribution in [2.24, 2.45) is 16.7 Å². The van der Waals surface area contributed by atoms with Gasteiger partial charge in [0, 0.05) is 38.4 Å². The van der Waals surface area contributed by atoms with Crippen molar-refractivity contribution in [3.05, 3.63) is 30.1 Å². The first-order valence-electron chi connectivity index (χ1n) is 10.8. The average molecular weight is 391 g/mol. The van der Waals surface area contributed by atoms with Crippen LogP contribution >= 0.6 is 0 Å². The number of aliphatic hydroxyl groups is 1. The summed E-state index contributed by atoms with van der Waals surface area (Å²) in [6, 6.07) is 6.71. The molecule has 2 bridgehead atoms. The Morgan fingerprint density at radius 1 is 1.14 bits per heavy atom. The van der Waals surface area contributed by atoms with E-state index in [1.54, 1.807) is 0 Å². The summed E-state index contributed by atoms with van der Waals surface area (Å²) >= 11 is 0. The molecule has 3 aliphatic rings. The molecule has 0 amide bonds. The van der Waals surface area contributed by atoms with Gasteiger partial charge in [0.2, 0.25) is 0 Å². The molecule has 0 unspecified atom stereocenters. The van der Waals surface area contributed by atoms with Gasteiger partial charge in [-0.25, -0.2) is 4.39 Å². The van der Waals surface area contributed by atoms with E-state index < -0.39 is 6.10 Å². The van der Waals surface area contributed by atoms with Crippen LogP contribution < -0.4 is 4.90 Å². The molecule has 0 aromatic heterocycles. The Morgan fingerprint density at radius 3 is 2.39 bits per heavy atom. The highest BCUT2D eigenvalue weighted by Crippen LogP contribution is 2.66. The number of aliphatic hydroxyl groups excluding tert-OH is 1. The van der Waals surface area contributed by atoms with Crippen molar-refractivity contribution in [1.29, 1.82) is 0 Å². The quantitative estimate of drug-likeness (QED) is 0.806. The zero-order valence-corrected chi connectivity index (χ0v) is 17.5. The summed E-state index contributed by atoms with van der Waals surface area (Å²) in [6.07, 6.45) is 3.56. The van der Waals surface area contributed by atoms with Gasteiger partial charge in [0.05, 0.1) is 18.8 Å². The molecule has 4 rings (SSSR count).